The summed E-state index contributed by atoms with van der Waals surface area (Å²) in [7, 11) is 0. The van der Waals surface area contributed by atoms with Crippen molar-refractivity contribution in [2.24, 2.45) is 5.73 Å². The lowest BCUT2D eigenvalue weighted by molar-refractivity contribution is -0.116. The van der Waals surface area contributed by atoms with Gasteiger partial charge < -0.3 is 11.5 Å². The van der Waals surface area contributed by atoms with Crippen LogP contribution in [0.2, 0.25) is 0 Å². The molecule has 1 aromatic rings. The van der Waals surface area contributed by atoms with Gasteiger partial charge in [0, 0.05) is 5.69 Å². The quantitative estimate of drug-likeness (QED) is 0.575. The van der Waals surface area contributed by atoms with Crippen LogP contribution in [0.1, 0.15) is 5.56 Å². The van der Waals surface area contributed by atoms with E-state index >= 15 is 0 Å². The number of carbonyl (C=O) groups is 2. The number of anilines is 2. The van der Waals surface area contributed by atoms with Crippen LogP contribution in [-0.2, 0) is 11.2 Å². The largest absolute Gasteiger partial charge is 0.399 e. The molecule has 0 aliphatic carbocycles. The molecular weight excluding hydrogens is 182 g/mol. The topological polar surface area (TPSA) is 89.4 Å². The number of hydrogen-bond donors (Lipinski definition) is 2. The van der Waals surface area contributed by atoms with E-state index in [0.717, 1.165) is 10.5 Å². The van der Waals surface area contributed by atoms with Gasteiger partial charge in [0.2, 0.25) is 5.91 Å². The summed E-state index contributed by atoms with van der Waals surface area (Å²) in [5.74, 6) is -0.307. The zero-order chi connectivity index (χ0) is 10.3. The summed E-state index contributed by atoms with van der Waals surface area (Å²) in [6.45, 7) is 0. The SMILES string of the molecule is NC(=O)N1C(=O)Cc2cc(N)ccc21. The van der Waals surface area contributed by atoms with Gasteiger partial charge in [0.1, 0.15) is 0 Å². The van der Waals surface area contributed by atoms with Gasteiger partial charge in [-0.1, -0.05) is 0 Å². The lowest BCUT2D eigenvalue weighted by Gasteiger charge is -2.11. The predicted molar refractivity (Wildman–Crippen MR) is 51.6 cm³/mol. The fourth-order valence-electron chi connectivity index (χ4n) is 1.58. The van der Waals surface area contributed by atoms with Crippen molar-refractivity contribution >= 4 is 23.3 Å². The molecule has 0 saturated heterocycles. The fourth-order valence-corrected chi connectivity index (χ4v) is 1.58. The first-order valence-electron chi connectivity index (χ1n) is 4.10. The lowest BCUT2D eigenvalue weighted by Crippen LogP contribution is -2.38. The molecule has 0 spiro atoms. The number of benzene rings is 1. The average molecular weight is 191 g/mol. The number of carbonyl (C=O) groups excluding carboxylic acids is 2. The number of hydrogen-bond acceptors (Lipinski definition) is 3. The third kappa shape index (κ3) is 1.10. The monoisotopic (exact) mass is 191 g/mol. The minimum absolute atomic E-state index is 0.184. The van der Waals surface area contributed by atoms with Gasteiger partial charge in [-0.15, -0.1) is 0 Å². The van der Waals surface area contributed by atoms with Crippen molar-refractivity contribution in [3.63, 3.8) is 0 Å². The maximum Gasteiger partial charge on any atom is 0.326 e. The zero-order valence-corrected chi connectivity index (χ0v) is 7.36. The van der Waals surface area contributed by atoms with E-state index < -0.39 is 6.03 Å². The van der Waals surface area contributed by atoms with E-state index in [-0.39, 0.29) is 12.3 Å². The molecule has 3 amide bonds. The highest BCUT2D eigenvalue weighted by molar-refractivity contribution is 6.18. The van der Waals surface area contributed by atoms with Gasteiger partial charge in [0.25, 0.3) is 0 Å². The number of urea groups is 1. The Kier molecular flexibility index (Phi) is 1.67. The molecule has 2 rings (SSSR count). The summed E-state index contributed by atoms with van der Waals surface area (Å²) in [6, 6.07) is 4.18. The Morgan fingerprint density at radius 3 is 2.79 bits per heavy atom. The van der Waals surface area contributed by atoms with E-state index in [0.29, 0.717) is 11.4 Å². The number of amides is 3. The van der Waals surface area contributed by atoms with Gasteiger partial charge in [-0.2, -0.15) is 0 Å². The maximum atomic E-state index is 11.4. The molecule has 0 saturated carbocycles. The number of nitrogens with two attached hydrogens (primary N) is 2. The van der Waals surface area contributed by atoms with Crippen LogP contribution in [0, 0.1) is 0 Å². The Labute approximate surface area is 80.3 Å². The van der Waals surface area contributed by atoms with Crippen molar-refractivity contribution in [1.82, 2.24) is 0 Å². The Hall–Kier alpha value is -2.04. The molecule has 0 fully saturated rings. The second-order valence-corrected chi connectivity index (χ2v) is 3.13. The van der Waals surface area contributed by atoms with Crippen LogP contribution in [-0.4, -0.2) is 11.9 Å². The molecule has 72 valence electrons. The highest BCUT2D eigenvalue weighted by atomic mass is 16.2. The van der Waals surface area contributed by atoms with E-state index in [1.165, 1.54) is 0 Å². The Morgan fingerprint density at radius 2 is 2.14 bits per heavy atom. The Balaban J connectivity index is 2.53. The van der Waals surface area contributed by atoms with Crippen molar-refractivity contribution in [1.29, 1.82) is 0 Å². The molecule has 0 radical (unpaired) electrons. The summed E-state index contributed by atoms with van der Waals surface area (Å²) in [6.07, 6.45) is 0.184. The molecule has 0 aromatic heterocycles. The van der Waals surface area contributed by atoms with Crippen LogP contribution in [0.25, 0.3) is 0 Å². The number of rotatable bonds is 0. The van der Waals surface area contributed by atoms with Crippen LogP contribution in [0.15, 0.2) is 18.2 Å². The normalized spacial score (nSPS) is 14.3. The Bertz CT molecular complexity index is 428. The van der Waals surface area contributed by atoms with Gasteiger partial charge in [-0.3, -0.25) is 4.79 Å². The summed E-state index contributed by atoms with van der Waals surface area (Å²) in [4.78, 5) is 23.3. The molecule has 1 aromatic carbocycles. The Morgan fingerprint density at radius 1 is 1.43 bits per heavy atom. The number of fused-ring (bicyclic) bond motifs is 1. The molecule has 1 heterocycles. The molecular formula is C9H9N3O2. The molecule has 0 atom stereocenters. The van der Waals surface area contributed by atoms with Gasteiger partial charge in [-0.05, 0) is 23.8 Å². The summed E-state index contributed by atoms with van der Waals surface area (Å²) in [5.41, 5.74) is 12.5. The van der Waals surface area contributed by atoms with Crippen LogP contribution >= 0.6 is 0 Å². The molecule has 5 heteroatoms. The minimum Gasteiger partial charge on any atom is -0.399 e. The average Bonchev–Trinajstić information content (AvgIpc) is 2.39. The van der Waals surface area contributed by atoms with Gasteiger partial charge in [0.15, 0.2) is 0 Å². The second kappa shape index (κ2) is 2.73. The first kappa shape index (κ1) is 8.55. The van der Waals surface area contributed by atoms with Gasteiger partial charge in [0.05, 0.1) is 12.1 Å². The summed E-state index contributed by atoms with van der Waals surface area (Å²) in [5, 5.41) is 0. The van der Waals surface area contributed by atoms with Crippen molar-refractivity contribution < 1.29 is 9.59 Å². The maximum absolute atomic E-state index is 11.4. The fraction of sp³-hybridized carbons (Fsp3) is 0.111. The summed E-state index contributed by atoms with van der Waals surface area (Å²) >= 11 is 0. The first-order chi connectivity index (χ1) is 6.59. The molecule has 0 bridgehead atoms. The molecule has 14 heavy (non-hydrogen) atoms. The molecule has 4 N–H and O–H groups in total. The number of nitrogen functional groups attached to an aromatic ring is 1. The number of imide groups is 1. The second-order valence-electron chi connectivity index (χ2n) is 3.13. The lowest BCUT2D eigenvalue weighted by atomic mass is 10.1. The van der Waals surface area contributed by atoms with Crippen LogP contribution < -0.4 is 16.4 Å². The summed E-state index contributed by atoms with van der Waals surface area (Å²) < 4.78 is 0. The van der Waals surface area contributed by atoms with Crippen molar-refractivity contribution in [2.75, 3.05) is 10.6 Å². The standard InChI is InChI=1S/C9H9N3O2/c10-6-1-2-7-5(3-6)4-8(13)12(7)9(11)14/h1-3H,4,10H2,(H2,11,14). The predicted octanol–water partition coefficient (Wildman–Crippen LogP) is 0.237. The van der Waals surface area contributed by atoms with E-state index in [1.807, 2.05) is 0 Å². The highest BCUT2D eigenvalue weighted by Gasteiger charge is 2.30. The van der Waals surface area contributed by atoms with E-state index in [2.05, 4.69) is 0 Å². The van der Waals surface area contributed by atoms with E-state index in [9.17, 15) is 9.59 Å². The van der Waals surface area contributed by atoms with Gasteiger partial charge in [-0.25, -0.2) is 9.69 Å². The minimum atomic E-state index is -0.751. The number of nitrogens with zero attached hydrogens (tertiary/aromatic N) is 1. The van der Waals surface area contributed by atoms with Gasteiger partial charge >= 0.3 is 6.03 Å². The highest BCUT2D eigenvalue weighted by Crippen LogP contribution is 2.29. The molecule has 1 aliphatic heterocycles. The van der Waals surface area contributed by atoms with Crippen LogP contribution in [0.5, 0.6) is 0 Å². The van der Waals surface area contributed by atoms with Crippen LogP contribution in [0.3, 0.4) is 0 Å². The third-order valence-electron chi connectivity index (χ3n) is 2.16. The van der Waals surface area contributed by atoms with Crippen LogP contribution in [0.4, 0.5) is 16.2 Å². The molecule has 0 unspecified atom stereocenters. The smallest absolute Gasteiger partial charge is 0.326 e. The van der Waals surface area contributed by atoms with E-state index in [1.54, 1.807) is 18.2 Å². The molecule has 5 nitrogen and oxygen atoms in total. The third-order valence-corrected chi connectivity index (χ3v) is 2.16. The van der Waals surface area contributed by atoms with Crippen molar-refractivity contribution in [3.8, 4) is 0 Å². The zero-order valence-electron chi connectivity index (χ0n) is 7.36. The molecule has 1 aliphatic rings. The van der Waals surface area contributed by atoms with Crippen molar-refractivity contribution in [2.45, 2.75) is 6.42 Å². The van der Waals surface area contributed by atoms with E-state index in [4.69, 9.17) is 11.5 Å². The first-order valence-corrected chi connectivity index (χ1v) is 4.10. The van der Waals surface area contributed by atoms with Crippen molar-refractivity contribution in [3.05, 3.63) is 23.8 Å². The number of primary amides is 1.